The molecule has 0 unspecified atom stereocenters. The fourth-order valence-electron chi connectivity index (χ4n) is 1.91. The van der Waals surface area contributed by atoms with Gasteiger partial charge in [0, 0.05) is 11.5 Å². The second-order valence-corrected chi connectivity index (χ2v) is 5.14. The number of hydrogen-bond acceptors (Lipinski definition) is 2. The van der Waals surface area contributed by atoms with E-state index < -0.39 is 0 Å². The third-order valence-corrected chi connectivity index (χ3v) is 2.72. The Kier molecular flexibility index (Phi) is 2.81. The van der Waals surface area contributed by atoms with Crippen LogP contribution < -0.4 is 5.73 Å². The van der Waals surface area contributed by atoms with Crippen molar-refractivity contribution < 1.29 is 4.74 Å². The largest absolute Gasteiger partial charge is 0.380 e. The minimum atomic E-state index is -0.130. The average molecular weight is 205 g/mol. The molecule has 2 nitrogen and oxygen atoms in total. The van der Waals surface area contributed by atoms with Gasteiger partial charge in [0.15, 0.2) is 0 Å². The van der Waals surface area contributed by atoms with E-state index in [1.54, 1.807) is 0 Å². The van der Waals surface area contributed by atoms with Gasteiger partial charge in [-0.3, -0.25) is 0 Å². The number of benzene rings is 1. The molecule has 2 rings (SSSR count). The summed E-state index contributed by atoms with van der Waals surface area (Å²) in [5.74, 6) is 0.603. The van der Waals surface area contributed by atoms with Gasteiger partial charge in [0.05, 0.1) is 13.2 Å². The molecule has 1 aliphatic rings. The van der Waals surface area contributed by atoms with Crippen LogP contribution in [0.1, 0.15) is 30.9 Å². The summed E-state index contributed by atoms with van der Waals surface area (Å²) in [6, 6.07) is 8.72. The van der Waals surface area contributed by atoms with Crippen molar-refractivity contribution >= 4 is 0 Å². The molecule has 0 aliphatic carbocycles. The van der Waals surface area contributed by atoms with Crippen LogP contribution in [0.15, 0.2) is 24.3 Å². The highest BCUT2D eigenvalue weighted by Gasteiger charge is 2.21. The predicted molar refractivity (Wildman–Crippen MR) is 62.0 cm³/mol. The first-order valence-electron chi connectivity index (χ1n) is 5.50. The maximum absolute atomic E-state index is 6.02. The summed E-state index contributed by atoms with van der Waals surface area (Å²) in [6.07, 6.45) is 0.925. The van der Waals surface area contributed by atoms with Crippen molar-refractivity contribution in [2.24, 2.45) is 5.73 Å². The summed E-state index contributed by atoms with van der Waals surface area (Å²) in [6.45, 7) is 5.86. The van der Waals surface area contributed by atoms with Crippen LogP contribution in [0.2, 0.25) is 0 Å². The Morgan fingerprint density at radius 2 is 2.13 bits per heavy atom. The Hall–Kier alpha value is -0.860. The van der Waals surface area contributed by atoms with Crippen LogP contribution in [0.3, 0.4) is 0 Å². The lowest BCUT2D eigenvalue weighted by molar-refractivity contribution is 0.00839. The monoisotopic (exact) mass is 205 g/mol. The van der Waals surface area contributed by atoms with Gasteiger partial charge in [-0.15, -0.1) is 0 Å². The molecule has 0 radical (unpaired) electrons. The van der Waals surface area contributed by atoms with E-state index in [4.69, 9.17) is 10.5 Å². The summed E-state index contributed by atoms with van der Waals surface area (Å²) in [7, 11) is 0. The molecule has 0 saturated carbocycles. The number of hydrogen-bond donors (Lipinski definition) is 1. The van der Waals surface area contributed by atoms with Crippen LogP contribution in [0.5, 0.6) is 0 Å². The zero-order valence-electron chi connectivity index (χ0n) is 9.49. The van der Waals surface area contributed by atoms with Crippen molar-refractivity contribution in [3.05, 3.63) is 35.4 Å². The summed E-state index contributed by atoms with van der Waals surface area (Å²) < 4.78 is 5.21. The van der Waals surface area contributed by atoms with Crippen LogP contribution in [0, 0.1) is 0 Å². The van der Waals surface area contributed by atoms with E-state index in [1.807, 2.05) is 0 Å². The maximum atomic E-state index is 6.02. The average Bonchev–Trinajstić information content (AvgIpc) is 1.97. The van der Waals surface area contributed by atoms with Crippen LogP contribution in [-0.4, -0.2) is 18.8 Å². The lowest BCUT2D eigenvalue weighted by Gasteiger charge is -2.27. The Bertz CT molecular complexity index is 337. The molecule has 1 fully saturated rings. The van der Waals surface area contributed by atoms with E-state index in [0.29, 0.717) is 5.92 Å². The minimum Gasteiger partial charge on any atom is -0.380 e. The van der Waals surface area contributed by atoms with Gasteiger partial charge < -0.3 is 10.5 Å². The summed E-state index contributed by atoms with van der Waals surface area (Å²) in [4.78, 5) is 0. The molecular weight excluding hydrogens is 186 g/mol. The van der Waals surface area contributed by atoms with Gasteiger partial charge in [-0.25, -0.2) is 0 Å². The van der Waals surface area contributed by atoms with Crippen molar-refractivity contribution in [1.29, 1.82) is 0 Å². The second-order valence-electron chi connectivity index (χ2n) is 5.14. The van der Waals surface area contributed by atoms with E-state index in [-0.39, 0.29) is 5.54 Å². The second kappa shape index (κ2) is 3.95. The molecule has 0 bridgehead atoms. The molecule has 1 aromatic carbocycles. The fraction of sp³-hybridized carbons (Fsp3) is 0.538. The summed E-state index contributed by atoms with van der Waals surface area (Å²) in [5.41, 5.74) is 8.60. The molecule has 1 aliphatic heterocycles. The first kappa shape index (κ1) is 10.7. The topological polar surface area (TPSA) is 35.2 Å². The molecule has 0 spiro atoms. The van der Waals surface area contributed by atoms with E-state index >= 15 is 0 Å². The van der Waals surface area contributed by atoms with Crippen LogP contribution in [-0.2, 0) is 11.2 Å². The fourth-order valence-corrected chi connectivity index (χ4v) is 1.91. The zero-order valence-corrected chi connectivity index (χ0v) is 9.49. The predicted octanol–water partition coefficient (Wildman–Crippen LogP) is 2.08. The Morgan fingerprint density at radius 1 is 1.40 bits per heavy atom. The van der Waals surface area contributed by atoms with Crippen molar-refractivity contribution in [3.8, 4) is 0 Å². The molecular formula is C13H19NO. The van der Waals surface area contributed by atoms with Gasteiger partial charge in [-0.2, -0.15) is 0 Å². The first-order chi connectivity index (χ1) is 7.04. The van der Waals surface area contributed by atoms with Gasteiger partial charge in [-0.05, 0) is 31.4 Å². The van der Waals surface area contributed by atoms with Crippen molar-refractivity contribution in [2.45, 2.75) is 31.7 Å². The summed E-state index contributed by atoms with van der Waals surface area (Å²) >= 11 is 0. The maximum Gasteiger partial charge on any atom is 0.0557 e. The molecule has 0 atom stereocenters. The molecule has 1 saturated heterocycles. The van der Waals surface area contributed by atoms with Gasteiger partial charge >= 0.3 is 0 Å². The minimum absolute atomic E-state index is 0.130. The van der Waals surface area contributed by atoms with Gasteiger partial charge in [0.2, 0.25) is 0 Å². The SMILES string of the molecule is CC(C)(N)Cc1cccc(C2COC2)c1. The lowest BCUT2D eigenvalue weighted by Crippen LogP contribution is -2.34. The Balaban J connectivity index is 2.11. The third kappa shape index (κ3) is 2.80. The van der Waals surface area contributed by atoms with Crippen molar-refractivity contribution in [2.75, 3.05) is 13.2 Å². The molecule has 2 heteroatoms. The summed E-state index contributed by atoms with van der Waals surface area (Å²) in [5, 5.41) is 0. The Morgan fingerprint density at radius 3 is 2.67 bits per heavy atom. The molecule has 1 aromatic rings. The van der Waals surface area contributed by atoms with Crippen LogP contribution >= 0.6 is 0 Å². The molecule has 2 N–H and O–H groups in total. The zero-order chi connectivity index (χ0) is 10.9. The van der Waals surface area contributed by atoms with Gasteiger partial charge in [0.1, 0.15) is 0 Å². The molecule has 0 aromatic heterocycles. The van der Waals surface area contributed by atoms with E-state index in [9.17, 15) is 0 Å². The molecule has 15 heavy (non-hydrogen) atoms. The van der Waals surface area contributed by atoms with Gasteiger partial charge in [-0.1, -0.05) is 24.3 Å². The van der Waals surface area contributed by atoms with E-state index in [0.717, 1.165) is 19.6 Å². The number of ether oxygens (including phenoxy) is 1. The molecule has 0 amide bonds. The lowest BCUT2D eigenvalue weighted by atomic mass is 9.91. The van der Waals surface area contributed by atoms with Crippen LogP contribution in [0.25, 0.3) is 0 Å². The third-order valence-electron chi connectivity index (χ3n) is 2.72. The number of rotatable bonds is 3. The highest BCUT2D eigenvalue weighted by molar-refractivity contribution is 5.28. The smallest absolute Gasteiger partial charge is 0.0557 e. The van der Waals surface area contributed by atoms with Crippen molar-refractivity contribution in [1.82, 2.24) is 0 Å². The molecule has 82 valence electrons. The van der Waals surface area contributed by atoms with Gasteiger partial charge in [0.25, 0.3) is 0 Å². The standard InChI is InChI=1S/C13H19NO/c1-13(2,14)7-10-4-3-5-11(6-10)12-8-15-9-12/h3-6,12H,7-9,14H2,1-2H3. The molecule has 1 heterocycles. The highest BCUT2D eigenvalue weighted by Crippen LogP contribution is 2.25. The first-order valence-corrected chi connectivity index (χ1v) is 5.50. The van der Waals surface area contributed by atoms with Crippen molar-refractivity contribution in [3.63, 3.8) is 0 Å². The quantitative estimate of drug-likeness (QED) is 0.820. The van der Waals surface area contributed by atoms with Crippen LogP contribution in [0.4, 0.5) is 0 Å². The highest BCUT2D eigenvalue weighted by atomic mass is 16.5. The normalized spacial score (nSPS) is 17.5. The number of nitrogens with two attached hydrogens (primary N) is 1. The van der Waals surface area contributed by atoms with E-state index in [2.05, 4.69) is 38.1 Å². The Labute approximate surface area is 91.4 Å². The van der Waals surface area contributed by atoms with E-state index in [1.165, 1.54) is 11.1 Å².